The molecule has 0 aliphatic heterocycles. The molecule has 0 unspecified atom stereocenters. The maximum atomic E-state index is 13.5. The lowest BCUT2D eigenvalue weighted by Crippen LogP contribution is -2.06. The summed E-state index contributed by atoms with van der Waals surface area (Å²) in [7, 11) is 1.21. The lowest BCUT2D eigenvalue weighted by molar-refractivity contribution is 0.0595. The molecule has 2 aromatic carbocycles. The fraction of sp³-hybridized carbons (Fsp3) is 0.133. The average molecular weight is 373 g/mol. The van der Waals surface area contributed by atoms with Crippen LogP contribution in [0.25, 0.3) is 0 Å². The molecule has 110 valence electrons. The van der Waals surface area contributed by atoms with Crippen molar-refractivity contribution in [1.82, 2.24) is 0 Å². The van der Waals surface area contributed by atoms with Crippen molar-refractivity contribution in [3.63, 3.8) is 0 Å². The minimum Gasteiger partial charge on any atom is -0.465 e. The van der Waals surface area contributed by atoms with Crippen molar-refractivity contribution in [3.05, 3.63) is 62.8 Å². The van der Waals surface area contributed by atoms with Gasteiger partial charge in [0.15, 0.2) is 0 Å². The summed E-state index contributed by atoms with van der Waals surface area (Å²) in [6.07, 6.45) is 0. The lowest BCUT2D eigenvalue weighted by Gasteiger charge is -2.10. The first-order valence-corrected chi connectivity index (χ1v) is 7.24. The molecule has 0 aliphatic carbocycles. The number of rotatable bonds is 4. The molecule has 1 N–H and O–H groups in total. The van der Waals surface area contributed by atoms with E-state index in [1.54, 1.807) is 18.2 Å². The smallest absolute Gasteiger partial charge is 0.340 e. The summed E-state index contributed by atoms with van der Waals surface area (Å²) >= 11 is 9.30. The van der Waals surface area contributed by atoms with Gasteiger partial charge in [-0.05, 0) is 35.9 Å². The Kier molecular flexibility index (Phi) is 5.20. The van der Waals surface area contributed by atoms with E-state index in [4.69, 9.17) is 11.6 Å². The maximum Gasteiger partial charge on any atom is 0.340 e. The van der Waals surface area contributed by atoms with Crippen molar-refractivity contribution in [2.45, 2.75) is 6.54 Å². The third-order valence-corrected chi connectivity index (χ3v) is 3.84. The fourth-order valence-electron chi connectivity index (χ4n) is 1.76. The van der Waals surface area contributed by atoms with Gasteiger partial charge in [0.1, 0.15) is 5.82 Å². The third-order valence-electron chi connectivity index (χ3n) is 2.87. The van der Waals surface area contributed by atoms with Gasteiger partial charge in [-0.2, -0.15) is 0 Å². The van der Waals surface area contributed by atoms with Gasteiger partial charge in [-0.15, -0.1) is 0 Å². The van der Waals surface area contributed by atoms with Gasteiger partial charge >= 0.3 is 5.97 Å². The number of nitrogens with one attached hydrogen (secondary N) is 1. The first-order chi connectivity index (χ1) is 10.0. The predicted molar refractivity (Wildman–Crippen MR) is 84.2 cm³/mol. The molecular formula is C15H12BrClFNO2. The molecular weight excluding hydrogens is 361 g/mol. The Bertz CT molecular complexity index is 679. The molecule has 0 heterocycles. The summed E-state index contributed by atoms with van der Waals surface area (Å²) in [5, 5.41) is 3.76. The number of esters is 1. The van der Waals surface area contributed by atoms with Crippen LogP contribution in [-0.4, -0.2) is 13.1 Å². The van der Waals surface area contributed by atoms with Crippen LogP contribution in [0.3, 0.4) is 0 Å². The van der Waals surface area contributed by atoms with Crippen molar-refractivity contribution in [2.75, 3.05) is 12.4 Å². The number of carbonyl (C=O) groups is 1. The van der Waals surface area contributed by atoms with Crippen LogP contribution in [-0.2, 0) is 11.3 Å². The average Bonchev–Trinajstić information content (AvgIpc) is 2.47. The van der Waals surface area contributed by atoms with Crippen LogP contribution < -0.4 is 5.32 Å². The van der Waals surface area contributed by atoms with E-state index in [1.807, 2.05) is 6.07 Å². The van der Waals surface area contributed by atoms with E-state index in [1.165, 1.54) is 19.2 Å². The van der Waals surface area contributed by atoms with E-state index in [9.17, 15) is 9.18 Å². The molecule has 0 spiro atoms. The van der Waals surface area contributed by atoms with Gasteiger partial charge in [-0.1, -0.05) is 33.6 Å². The van der Waals surface area contributed by atoms with Crippen molar-refractivity contribution in [2.24, 2.45) is 0 Å². The van der Waals surface area contributed by atoms with Crippen molar-refractivity contribution < 1.29 is 13.9 Å². The highest BCUT2D eigenvalue weighted by molar-refractivity contribution is 9.10. The number of anilines is 1. The van der Waals surface area contributed by atoms with Crippen molar-refractivity contribution in [1.29, 1.82) is 0 Å². The zero-order valence-corrected chi connectivity index (χ0v) is 13.5. The molecule has 3 nitrogen and oxygen atoms in total. The number of methoxy groups -OCH3 is 1. The molecule has 0 atom stereocenters. The molecule has 0 saturated carbocycles. The van der Waals surface area contributed by atoms with Gasteiger partial charge in [-0.3, -0.25) is 0 Å². The molecule has 6 heteroatoms. The second-order valence-corrected chi connectivity index (χ2v) is 5.57. The Morgan fingerprint density at radius 2 is 2.10 bits per heavy atom. The highest BCUT2D eigenvalue weighted by Crippen LogP contribution is 2.23. The summed E-state index contributed by atoms with van der Waals surface area (Å²) in [4.78, 5) is 11.4. The first kappa shape index (κ1) is 15.8. The van der Waals surface area contributed by atoms with Crippen LogP contribution in [0, 0.1) is 5.82 Å². The molecule has 0 bridgehead atoms. The summed E-state index contributed by atoms with van der Waals surface area (Å²) in [6, 6.07) is 9.67. The number of halogens is 3. The molecule has 0 radical (unpaired) electrons. The quantitative estimate of drug-likeness (QED) is 0.795. The zero-order chi connectivity index (χ0) is 15.4. The maximum absolute atomic E-state index is 13.5. The monoisotopic (exact) mass is 371 g/mol. The molecule has 0 fully saturated rings. The summed E-state index contributed by atoms with van der Waals surface area (Å²) < 4.78 is 18.9. The normalized spacial score (nSPS) is 10.3. The second kappa shape index (κ2) is 6.91. The van der Waals surface area contributed by atoms with E-state index >= 15 is 0 Å². The second-order valence-electron chi connectivity index (χ2n) is 4.28. The number of ether oxygens (including phenoxy) is 1. The van der Waals surface area contributed by atoms with Gasteiger partial charge < -0.3 is 10.1 Å². The lowest BCUT2D eigenvalue weighted by atomic mass is 10.1. The van der Waals surface area contributed by atoms with Crippen LogP contribution in [0.1, 0.15) is 15.9 Å². The molecule has 0 aliphatic rings. The predicted octanol–water partition coefficient (Wildman–Crippen LogP) is 4.64. The Morgan fingerprint density at radius 3 is 2.76 bits per heavy atom. The van der Waals surface area contributed by atoms with E-state index in [0.717, 1.165) is 10.0 Å². The van der Waals surface area contributed by atoms with Crippen LogP contribution in [0.15, 0.2) is 40.9 Å². The highest BCUT2D eigenvalue weighted by Gasteiger charge is 2.12. The summed E-state index contributed by atoms with van der Waals surface area (Å²) in [5.41, 5.74) is 1.51. The van der Waals surface area contributed by atoms with Crippen molar-refractivity contribution in [3.8, 4) is 0 Å². The fourth-order valence-corrected chi connectivity index (χ4v) is 2.59. The van der Waals surface area contributed by atoms with Gasteiger partial charge in [0.2, 0.25) is 0 Å². The van der Waals surface area contributed by atoms with E-state index in [2.05, 4.69) is 26.0 Å². The van der Waals surface area contributed by atoms with Gasteiger partial charge in [0.25, 0.3) is 0 Å². The largest absolute Gasteiger partial charge is 0.465 e. The van der Waals surface area contributed by atoms with Crippen LogP contribution in [0.5, 0.6) is 0 Å². The minimum atomic E-state index is -0.705. The van der Waals surface area contributed by atoms with Crippen LogP contribution in [0.4, 0.5) is 10.1 Å². The molecule has 2 rings (SSSR count). The number of hydrogen-bond acceptors (Lipinski definition) is 3. The Labute approximate surface area is 135 Å². The van der Waals surface area contributed by atoms with E-state index in [0.29, 0.717) is 17.3 Å². The van der Waals surface area contributed by atoms with Crippen LogP contribution in [0.2, 0.25) is 5.02 Å². The first-order valence-electron chi connectivity index (χ1n) is 6.07. The third kappa shape index (κ3) is 3.95. The molecule has 0 amide bonds. The molecule has 0 aromatic heterocycles. The van der Waals surface area contributed by atoms with Crippen molar-refractivity contribution >= 4 is 39.2 Å². The van der Waals surface area contributed by atoms with Gasteiger partial charge in [0.05, 0.1) is 12.7 Å². The highest BCUT2D eigenvalue weighted by atomic mass is 79.9. The van der Waals surface area contributed by atoms with E-state index in [-0.39, 0.29) is 5.56 Å². The zero-order valence-electron chi connectivity index (χ0n) is 11.1. The molecule has 21 heavy (non-hydrogen) atoms. The minimum absolute atomic E-state index is 0.0994. The Balaban J connectivity index is 2.15. The SMILES string of the molecule is COC(=O)c1cc(NCc2ccc(Cl)cc2Br)ccc1F. The topological polar surface area (TPSA) is 38.3 Å². The number of benzene rings is 2. The van der Waals surface area contributed by atoms with Crippen LogP contribution >= 0.6 is 27.5 Å². The standard InChI is InChI=1S/C15H12BrClFNO2/c1-21-15(20)12-7-11(4-5-14(12)18)19-8-9-2-3-10(17)6-13(9)16/h2-7,19H,8H2,1H3. The molecule has 0 saturated heterocycles. The number of hydrogen-bond donors (Lipinski definition) is 1. The molecule has 2 aromatic rings. The summed E-state index contributed by atoms with van der Waals surface area (Å²) in [5.74, 6) is -1.32. The summed E-state index contributed by atoms with van der Waals surface area (Å²) in [6.45, 7) is 0.504. The Hall–Kier alpha value is -1.59. The number of carbonyl (C=O) groups excluding carboxylic acids is 1. The van der Waals surface area contributed by atoms with Gasteiger partial charge in [0, 0.05) is 21.7 Å². The Morgan fingerprint density at radius 1 is 1.33 bits per heavy atom. The van der Waals surface area contributed by atoms with Gasteiger partial charge in [-0.25, -0.2) is 9.18 Å². The van der Waals surface area contributed by atoms with E-state index < -0.39 is 11.8 Å².